The Balaban J connectivity index is 1.32. The second kappa shape index (κ2) is 8.50. The molecule has 3 heterocycles. The van der Waals surface area contributed by atoms with Gasteiger partial charge in [0.2, 0.25) is 5.76 Å². The standard InChI is InChI=1S/C19H29N5O4/c20-13(8-12-4-2-1-3-5-12)9-24(21)15-11-27-17-14(10-26-18(15)17)23-19(25)16-6-7-22-28-16/h6-7,9,12,14-15,17-18H,1-5,8,10-11,20-21H2,(H,23,25)/b13-9-. The number of carbonyl (C=O) groups excluding carboxylic acids is 1. The van der Waals surface area contributed by atoms with Gasteiger partial charge >= 0.3 is 0 Å². The van der Waals surface area contributed by atoms with E-state index in [1.807, 2.05) is 6.20 Å². The highest BCUT2D eigenvalue weighted by Gasteiger charge is 2.49. The number of allylic oxidation sites excluding steroid dienone is 1. The molecule has 4 unspecified atom stereocenters. The Bertz CT molecular complexity index is 689. The quantitative estimate of drug-likeness (QED) is 0.482. The maximum absolute atomic E-state index is 12.2. The number of hydrazine groups is 1. The van der Waals surface area contributed by atoms with Crippen LogP contribution in [0.5, 0.6) is 0 Å². The van der Waals surface area contributed by atoms with Crippen LogP contribution in [0.2, 0.25) is 0 Å². The molecule has 154 valence electrons. The van der Waals surface area contributed by atoms with Gasteiger partial charge in [-0.1, -0.05) is 37.3 Å². The number of fused-ring (bicyclic) bond motifs is 1. The van der Waals surface area contributed by atoms with Gasteiger partial charge in [0.15, 0.2) is 0 Å². The lowest BCUT2D eigenvalue weighted by molar-refractivity contribution is 0.0525. The third kappa shape index (κ3) is 4.16. The van der Waals surface area contributed by atoms with E-state index in [1.54, 1.807) is 5.01 Å². The Morgan fingerprint density at radius 3 is 2.79 bits per heavy atom. The van der Waals surface area contributed by atoms with E-state index in [-0.39, 0.29) is 36.0 Å². The van der Waals surface area contributed by atoms with Gasteiger partial charge in [-0.3, -0.25) is 4.79 Å². The highest BCUT2D eigenvalue weighted by molar-refractivity contribution is 5.91. The molecule has 4 rings (SSSR count). The minimum atomic E-state index is -0.333. The molecular weight excluding hydrogens is 362 g/mol. The molecule has 4 atom stereocenters. The second-order valence-corrected chi connectivity index (χ2v) is 7.98. The summed E-state index contributed by atoms with van der Waals surface area (Å²) in [6.07, 6.45) is 10.1. The summed E-state index contributed by atoms with van der Waals surface area (Å²) in [4.78, 5) is 12.2. The number of rotatable bonds is 6. The lowest BCUT2D eigenvalue weighted by atomic mass is 9.86. The van der Waals surface area contributed by atoms with E-state index >= 15 is 0 Å². The average molecular weight is 391 g/mol. The molecule has 2 saturated heterocycles. The number of hydrogen-bond acceptors (Lipinski definition) is 8. The fourth-order valence-corrected chi connectivity index (χ4v) is 4.50. The molecule has 1 amide bonds. The van der Waals surface area contributed by atoms with Crippen molar-refractivity contribution < 1.29 is 18.8 Å². The monoisotopic (exact) mass is 391 g/mol. The smallest absolute Gasteiger partial charge is 0.290 e. The van der Waals surface area contributed by atoms with Crippen molar-refractivity contribution in [3.63, 3.8) is 0 Å². The van der Waals surface area contributed by atoms with E-state index in [0.717, 1.165) is 12.1 Å². The van der Waals surface area contributed by atoms with Crippen LogP contribution in [0.15, 0.2) is 28.7 Å². The molecule has 0 bridgehead atoms. The van der Waals surface area contributed by atoms with Crippen LogP contribution in [0.25, 0.3) is 0 Å². The fraction of sp³-hybridized carbons (Fsp3) is 0.684. The number of ether oxygens (including phenoxy) is 2. The van der Waals surface area contributed by atoms with Gasteiger partial charge in [0.1, 0.15) is 12.2 Å². The van der Waals surface area contributed by atoms with Crippen LogP contribution in [-0.2, 0) is 9.47 Å². The first-order valence-electron chi connectivity index (χ1n) is 10.1. The normalized spacial score (nSPS) is 31.0. The van der Waals surface area contributed by atoms with Gasteiger partial charge in [-0.05, 0) is 12.3 Å². The third-order valence-corrected chi connectivity index (χ3v) is 5.95. The largest absolute Gasteiger partial charge is 0.401 e. The summed E-state index contributed by atoms with van der Waals surface area (Å²) < 4.78 is 16.7. The van der Waals surface area contributed by atoms with E-state index in [2.05, 4.69) is 10.5 Å². The Hall–Kier alpha value is -2.10. The van der Waals surface area contributed by atoms with Crippen molar-refractivity contribution >= 4 is 5.91 Å². The van der Waals surface area contributed by atoms with Crippen LogP contribution >= 0.6 is 0 Å². The molecule has 0 aromatic carbocycles. The number of nitrogens with one attached hydrogen (secondary N) is 1. The zero-order valence-corrected chi connectivity index (χ0v) is 16.0. The predicted molar refractivity (Wildman–Crippen MR) is 101 cm³/mol. The molecule has 1 saturated carbocycles. The number of nitrogens with zero attached hydrogens (tertiary/aromatic N) is 2. The van der Waals surface area contributed by atoms with Gasteiger partial charge in [-0.15, -0.1) is 0 Å². The number of hydrogen-bond donors (Lipinski definition) is 3. The Kier molecular flexibility index (Phi) is 5.84. The summed E-state index contributed by atoms with van der Waals surface area (Å²) >= 11 is 0. The number of amides is 1. The summed E-state index contributed by atoms with van der Waals surface area (Å²) in [6.45, 7) is 0.786. The highest BCUT2D eigenvalue weighted by atomic mass is 16.6. The average Bonchev–Trinajstić information content (AvgIpc) is 3.41. The fourth-order valence-electron chi connectivity index (χ4n) is 4.50. The molecule has 5 N–H and O–H groups in total. The third-order valence-electron chi connectivity index (χ3n) is 5.95. The molecule has 1 aliphatic carbocycles. The van der Waals surface area contributed by atoms with Crippen molar-refractivity contribution in [2.45, 2.75) is 62.8 Å². The molecule has 1 aromatic rings. The lowest BCUT2D eigenvalue weighted by Gasteiger charge is -2.27. The van der Waals surface area contributed by atoms with Crippen molar-refractivity contribution in [2.75, 3.05) is 13.2 Å². The van der Waals surface area contributed by atoms with Crippen molar-refractivity contribution in [2.24, 2.45) is 17.5 Å². The van der Waals surface area contributed by atoms with Gasteiger partial charge < -0.3 is 30.1 Å². The van der Waals surface area contributed by atoms with Crippen LogP contribution in [-0.4, -0.2) is 53.6 Å². The van der Waals surface area contributed by atoms with Gasteiger partial charge in [0, 0.05) is 18.0 Å². The summed E-state index contributed by atoms with van der Waals surface area (Å²) in [6, 6.07) is 1.12. The minimum Gasteiger partial charge on any atom is -0.401 e. The first-order valence-corrected chi connectivity index (χ1v) is 10.1. The van der Waals surface area contributed by atoms with Crippen molar-refractivity contribution in [3.05, 3.63) is 29.9 Å². The van der Waals surface area contributed by atoms with E-state index in [9.17, 15) is 4.79 Å². The highest BCUT2D eigenvalue weighted by Crippen LogP contribution is 2.31. The zero-order chi connectivity index (χ0) is 19.5. The van der Waals surface area contributed by atoms with Gasteiger partial charge in [-0.2, -0.15) is 0 Å². The molecule has 3 fully saturated rings. The maximum Gasteiger partial charge on any atom is 0.290 e. The molecule has 9 heteroatoms. The zero-order valence-electron chi connectivity index (χ0n) is 16.0. The van der Waals surface area contributed by atoms with Crippen molar-refractivity contribution in [3.8, 4) is 0 Å². The molecule has 3 aliphatic rings. The SMILES string of the molecule is N/C(=C\N(N)C1COC2C(NC(=O)c3ccno3)COC21)CC1CCCCC1. The first-order chi connectivity index (χ1) is 13.6. The van der Waals surface area contributed by atoms with Crippen molar-refractivity contribution in [1.82, 2.24) is 15.5 Å². The van der Waals surface area contributed by atoms with Crippen LogP contribution in [0.4, 0.5) is 0 Å². The lowest BCUT2D eigenvalue weighted by Crippen LogP contribution is -2.47. The van der Waals surface area contributed by atoms with E-state index in [1.165, 1.54) is 44.4 Å². The van der Waals surface area contributed by atoms with Gasteiger partial charge in [0.05, 0.1) is 31.5 Å². The first kappa shape index (κ1) is 19.2. The molecule has 0 radical (unpaired) electrons. The van der Waals surface area contributed by atoms with Crippen LogP contribution < -0.4 is 16.9 Å². The second-order valence-electron chi connectivity index (χ2n) is 7.98. The van der Waals surface area contributed by atoms with E-state index in [0.29, 0.717) is 19.1 Å². The van der Waals surface area contributed by atoms with Gasteiger partial charge in [0.25, 0.3) is 5.91 Å². The Labute approximate surface area is 164 Å². The summed E-state index contributed by atoms with van der Waals surface area (Å²) in [5.74, 6) is 6.76. The molecule has 0 spiro atoms. The van der Waals surface area contributed by atoms with Crippen molar-refractivity contribution in [1.29, 1.82) is 0 Å². The number of nitrogens with two attached hydrogens (primary N) is 2. The van der Waals surface area contributed by atoms with E-state index < -0.39 is 0 Å². The van der Waals surface area contributed by atoms with Crippen LogP contribution in [0.3, 0.4) is 0 Å². The predicted octanol–water partition coefficient (Wildman–Crippen LogP) is 0.885. The molecule has 2 aliphatic heterocycles. The summed E-state index contributed by atoms with van der Waals surface area (Å²) in [5, 5.41) is 8.05. The minimum absolute atomic E-state index is 0.137. The van der Waals surface area contributed by atoms with Gasteiger partial charge in [-0.25, -0.2) is 5.84 Å². The Morgan fingerprint density at radius 2 is 2.04 bits per heavy atom. The van der Waals surface area contributed by atoms with Crippen LogP contribution in [0.1, 0.15) is 49.1 Å². The molecule has 9 nitrogen and oxygen atoms in total. The Morgan fingerprint density at radius 1 is 1.25 bits per heavy atom. The number of aromatic nitrogens is 1. The van der Waals surface area contributed by atoms with E-state index in [4.69, 9.17) is 25.6 Å². The maximum atomic E-state index is 12.2. The summed E-state index contributed by atoms with van der Waals surface area (Å²) in [5.41, 5.74) is 7.04. The molecular formula is C19H29N5O4. The molecule has 28 heavy (non-hydrogen) atoms. The summed E-state index contributed by atoms with van der Waals surface area (Å²) in [7, 11) is 0. The van der Waals surface area contributed by atoms with Crippen LogP contribution in [0, 0.1) is 5.92 Å². The molecule has 1 aromatic heterocycles. The topological polar surface area (TPSA) is 129 Å². The number of carbonyl (C=O) groups is 1.